The molecule has 24 heavy (non-hydrogen) atoms. The molecule has 0 spiro atoms. The Balaban J connectivity index is 2.01. The molecule has 0 bridgehead atoms. The number of thiophene rings is 1. The van der Waals surface area contributed by atoms with Crippen molar-refractivity contribution in [2.24, 2.45) is 0 Å². The average molecular weight is 381 g/mol. The van der Waals surface area contributed by atoms with Crippen LogP contribution >= 0.6 is 34.5 Å². The van der Waals surface area contributed by atoms with Crippen LogP contribution in [0.4, 0.5) is 5.82 Å². The lowest BCUT2D eigenvalue weighted by molar-refractivity contribution is 0.103. The van der Waals surface area contributed by atoms with Gasteiger partial charge in [0.2, 0.25) is 0 Å². The molecule has 2 aromatic heterocycles. The number of fused-ring (bicyclic) bond motifs is 1. The molecule has 0 saturated heterocycles. The first-order valence-electron chi connectivity index (χ1n) is 7.15. The SMILES string of the molecule is Cc1nc(NC(=O)c2sc3cc(Cl)ccc3c2Cl)c(C)c(C)c1O. The molecule has 4 nitrogen and oxygen atoms in total. The smallest absolute Gasteiger partial charge is 0.268 e. The first-order valence-corrected chi connectivity index (χ1v) is 8.72. The first kappa shape index (κ1) is 17.0. The summed E-state index contributed by atoms with van der Waals surface area (Å²) in [5, 5.41) is 14.5. The van der Waals surface area contributed by atoms with Gasteiger partial charge in [-0.2, -0.15) is 0 Å². The summed E-state index contributed by atoms with van der Waals surface area (Å²) >= 11 is 13.6. The van der Waals surface area contributed by atoms with Gasteiger partial charge in [0.25, 0.3) is 5.91 Å². The van der Waals surface area contributed by atoms with Gasteiger partial charge in [0.05, 0.1) is 10.7 Å². The van der Waals surface area contributed by atoms with Crippen LogP contribution in [-0.2, 0) is 0 Å². The largest absolute Gasteiger partial charge is 0.506 e. The van der Waals surface area contributed by atoms with E-state index >= 15 is 0 Å². The third kappa shape index (κ3) is 2.83. The number of aromatic hydroxyl groups is 1. The zero-order valence-electron chi connectivity index (χ0n) is 13.2. The second-order valence-corrected chi connectivity index (χ2v) is 7.35. The van der Waals surface area contributed by atoms with Gasteiger partial charge in [-0.15, -0.1) is 11.3 Å². The number of benzene rings is 1. The highest BCUT2D eigenvalue weighted by molar-refractivity contribution is 7.21. The Kier molecular flexibility index (Phi) is 4.42. The molecule has 2 heterocycles. The van der Waals surface area contributed by atoms with Crippen molar-refractivity contribution >= 4 is 56.3 Å². The molecule has 0 unspecified atom stereocenters. The molecular weight excluding hydrogens is 367 g/mol. The molecule has 0 aliphatic rings. The number of aryl methyl sites for hydroxylation is 1. The minimum absolute atomic E-state index is 0.139. The fraction of sp³-hybridized carbons (Fsp3) is 0.176. The molecule has 1 amide bonds. The molecule has 2 N–H and O–H groups in total. The Labute approximate surface area is 153 Å². The average Bonchev–Trinajstić information content (AvgIpc) is 2.86. The number of aromatic nitrogens is 1. The minimum Gasteiger partial charge on any atom is -0.506 e. The van der Waals surface area contributed by atoms with Gasteiger partial charge >= 0.3 is 0 Å². The van der Waals surface area contributed by atoms with E-state index in [1.54, 1.807) is 39.0 Å². The summed E-state index contributed by atoms with van der Waals surface area (Å²) in [4.78, 5) is 17.3. The molecule has 7 heteroatoms. The summed E-state index contributed by atoms with van der Waals surface area (Å²) in [7, 11) is 0. The number of amides is 1. The van der Waals surface area contributed by atoms with Crippen LogP contribution in [0.15, 0.2) is 18.2 Å². The Morgan fingerprint density at radius 3 is 2.62 bits per heavy atom. The standard InChI is InChI=1S/C17H14Cl2N2O2S/c1-7-8(2)16(20-9(3)14(7)22)21-17(23)15-13(19)11-5-4-10(18)6-12(11)24-15/h4-6,22H,1-3H3,(H,20,21,23). The fourth-order valence-electron chi connectivity index (χ4n) is 2.40. The van der Waals surface area contributed by atoms with Crippen molar-refractivity contribution in [1.82, 2.24) is 4.98 Å². The lowest BCUT2D eigenvalue weighted by Gasteiger charge is -2.12. The number of nitrogens with one attached hydrogen (secondary N) is 1. The van der Waals surface area contributed by atoms with Crippen molar-refractivity contribution in [2.45, 2.75) is 20.8 Å². The van der Waals surface area contributed by atoms with Crippen LogP contribution in [0.3, 0.4) is 0 Å². The zero-order valence-corrected chi connectivity index (χ0v) is 15.5. The number of anilines is 1. The predicted molar refractivity (Wildman–Crippen MR) is 99.9 cm³/mol. The van der Waals surface area contributed by atoms with Gasteiger partial charge < -0.3 is 10.4 Å². The van der Waals surface area contributed by atoms with E-state index in [4.69, 9.17) is 23.2 Å². The number of pyridine rings is 1. The van der Waals surface area contributed by atoms with E-state index < -0.39 is 0 Å². The Bertz CT molecular complexity index is 983. The second kappa shape index (κ2) is 6.24. The number of halogens is 2. The molecule has 0 atom stereocenters. The minimum atomic E-state index is -0.336. The van der Waals surface area contributed by atoms with Crippen LogP contribution in [0.25, 0.3) is 10.1 Å². The zero-order chi connectivity index (χ0) is 17.6. The maximum Gasteiger partial charge on any atom is 0.268 e. The quantitative estimate of drug-likeness (QED) is 0.617. The van der Waals surface area contributed by atoms with E-state index in [1.807, 2.05) is 0 Å². The summed E-state index contributed by atoms with van der Waals surface area (Å²) < 4.78 is 0.848. The van der Waals surface area contributed by atoms with Crippen LogP contribution in [0.2, 0.25) is 10.0 Å². The Morgan fingerprint density at radius 1 is 1.21 bits per heavy atom. The first-order chi connectivity index (χ1) is 11.3. The normalized spacial score (nSPS) is 11.0. The number of carbonyl (C=O) groups is 1. The topological polar surface area (TPSA) is 62.2 Å². The monoisotopic (exact) mass is 380 g/mol. The van der Waals surface area contributed by atoms with Gasteiger partial charge in [-0.25, -0.2) is 4.98 Å². The van der Waals surface area contributed by atoms with Gasteiger partial charge in [0, 0.05) is 15.1 Å². The van der Waals surface area contributed by atoms with Gasteiger partial charge in [0.1, 0.15) is 16.4 Å². The van der Waals surface area contributed by atoms with Crippen LogP contribution in [0.5, 0.6) is 5.75 Å². The molecule has 0 aliphatic carbocycles. The van der Waals surface area contributed by atoms with E-state index in [0.717, 1.165) is 10.1 Å². The van der Waals surface area contributed by atoms with Crippen LogP contribution in [0, 0.1) is 20.8 Å². The molecular formula is C17H14Cl2N2O2S. The van der Waals surface area contributed by atoms with Gasteiger partial charge in [-0.05, 0) is 44.0 Å². The van der Waals surface area contributed by atoms with Crippen LogP contribution in [0.1, 0.15) is 26.5 Å². The molecule has 0 saturated carbocycles. The third-order valence-electron chi connectivity index (χ3n) is 3.92. The van der Waals surface area contributed by atoms with E-state index in [1.165, 1.54) is 11.3 Å². The third-order valence-corrected chi connectivity index (χ3v) is 5.82. The summed E-state index contributed by atoms with van der Waals surface area (Å²) in [5.74, 6) is 0.219. The molecule has 3 aromatic rings. The van der Waals surface area contributed by atoms with Crippen molar-refractivity contribution in [3.8, 4) is 5.75 Å². The van der Waals surface area contributed by atoms with Gasteiger partial charge in [0.15, 0.2) is 0 Å². The summed E-state index contributed by atoms with van der Waals surface area (Å²) in [6.07, 6.45) is 0. The molecule has 1 aromatic carbocycles. The number of nitrogens with zero attached hydrogens (tertiary/aromatic N) is 1. The van der Waals surface area contributed by atoms with E-state index in [-0.39, 0.29) is 11.7 Å². The van der Waals surface area contributed by atoms with Gasteiger partial charge in [-0.3, -0.25) is 4.79 Å². The highest BCUT2D eigenvalue weighted by atomic mass is 35.5. The van der Waals surface area contributed by atoms with E-state index in [2.05, 4.69) is 10.3 Å². The fourth-order valence-corrected chi connectivity index (χ4v) is 4.09. The molecule has 0 radical (unpaired) electrons. The molecule has 3 rings (SSSR count). The maximum absolute atomic E-state index is 12.6. The molecule has 0 fully saturated rings. The molecule has 124 valence electrons. The lowest BCUT2D eigenvalue weighted by Crippen LogP contribution is -2.14. The summed E-state index contributed by atoms with van der Waals surface area (Å²) in [5.41, 5.74) is 1.86. The second-order valence-electron chi connectivity index (χ2n) is 5.48. The summed E-state index contributed by atoms with van der Waals surface area (Å²) in [6, 6.07) is 5.32. The van der Waals surface area contributed by atoms with Crippen molar-refractivity contribution in [2.75, 3.05) is 5.32 Å². The Morgan fingerprint density at radius 2 is 1.92 bits per heavy atom. The van der Waals surface area contributed by atoms with Crippen molar-refractivity contribution in [3.05, 3.63) is 49.9 Å². The van der Waals surface area contributed by atoms with Crippen LogP contribution in [-0.4, -0.2) is 16.0 Å². The maximum atomic E-state index is 12.6. The van der Waals surface area contributed by atoms with E-state index in [9.17, 15) is 9.90 Å². The van der Waals surface area contributed by atoms with Crippen molar-refractivity contribution in [3.63, 3.8) is 0 Å². The van der Waals surface area contributed by atoms with Gasteiger partial charge in [-0.1, -0.05) is 29.3 Å². The summed E-state index contributed by atoms with van der Waals surface area (Å²) in [6.45, 7) is 5.26. The van der Waals surface area contributed by atoms with Crippen molar-refractivity contribution < 1.29 is 9.90 Å². The molecule has 0 aliphatic heterocycles. The van der Waals surface area contributed by atoms with Crippen LogP contribution < -0.4 is 5.32 Å². The highest BCUT2D eigenvalue weighted by Crippen LogP contribution is 2.37. The number of hydrogen-bond donors (Lipinski definition) is 2. The highest BCUT2D eigenvalue weighted by Gasteiger charge is 2.20. The number of hydrogen-bond acceptors (Lipinski definition) is 4. The number of rotatable bonds is 2. The Hall–Kier alpha value is -1.82. The lowest BCUT2D eigenvalue weighted by atomic mass is 10.1. The van der Waals surface area contributed by atoms with Crippen molar-refractivity contribution in [1.29, 1.82) is 0 Å². The number of carbonyl (C=O) groups excluding carboxylic acids is 1. The van der Waals surface area contributed by atoms with E-state index in [0.29, 0.717) is 37.6 Å². The predicted octanol–water partition coefficient (Wildman–Crippen LogP) is 5.49.